The predicted molar refractivity (Wildman–Crippen MR) is 187 cm³/mol. The number of fused-ring (bicyclic) bond motifs is 1. The number of ether oxygens (including phenoxy) is 1. The number of carboxylic acids is 2. The Morgan fingerprint density at radius 3 is 2.48 bits per heavy atom. The maximum absolute atomic E-state index is 13.1. The number of pyridine rings is 1. The molecule has 2 unspecified atom stereocenters. The van der Waals surface area contributed by atoms with Crippen molar-refractivity contribution >= 4 is 82.2 Å². The molecule has 1 aromatic carbocycles. The number of aliphatic carboxylic acids is 2. The van der Waals surface area contributed by atoms with Gasteiger partial charge >= 0.3 is 11.9 Å². The van der Waals surface area contributed by atoms with Gasteiger partial charge in [-0.25, -0.2) is 9.59 Å². The Kier molecular flexibility index (Phi) is 12.3. The van der Waals surface area contributed by atoms with Crippen molar-refractivity contribution in [1.29, 1.82) is 0 Å². The Morgan fingerprint density at radius 2 is 1.81 bits per heavy atom. The molecule has 3 N–H and O–H groups in total. The minimum absolute atomic E-state index is 0.0113. The van der Waals surface area contributed by atoms with E-state index in [-0.39, 0.29) is 23.9 Å². The topological polar surface area (TPSA) is 137 Å². The summed E-state index contributed by atoms with van der Waals surface area (Å²) in [6.45, 7) is 8.26. The van der Waals surface area contributed by atoms with Gasteiger partial charge in [0.2, 0.25) is 5.91 Å². The van der Waals surface area contributed by atoms with Crippen LogP contribution in [-0.2, 0) is 30.5 Å². The predicted octanol–water partition coefficient (Wildman–Crippen LogP) is 3.84. The molecule has 2 saturated heterocycles. The highest BCUT2D eigenvalue weighted by atomic mass is 35.5. The van der Waals surface area contributed by atoms with E-state index in [1.807, 2.05) is 13.8 Å². The Balaban J connectivity index is 1.17. The van der Waals surface area contributed by atoms with Crippen molar-refractivity contribution in [2.75, 3.05) is 56.7 Å². The van der Waals surface area contributed by atoms with Crippen molar-refractivity contribution < 1.29 is 43.2 Å². The first-order valence-electron chi connectivity index (χ1n) is 15.4. The molecular weight excluding hydrogens is 719 g/mol. The van der Waals surface area contributed by atoms with Crippen LogP contribution in [0.4, 0.5) is 0 Å². The Bertz CT molecular complexity index is 1610. The lowest BCUT2D eigenvalue weighted by Crippen LogP contribution is -2.70. The first-order chi connectivity index (χ1) is 22.9. The van der Waals surface area contributed by atoms with Crippen molar-refractivity contribution in [2.24, 2.45) is 0 Å². The number of carbonyl (C=O) groups excluding carboxylic acids is 2. The fourth-order valence-corrected chi connectivity index (χ4v) is 10.1. The van der Waals surface area contributed by atoms with Gasteiger partial charge < -0.3 is 24.7 Å². The summed E-state index contributed by atoms with van der Waals surface area (Å²) in [7, 11) is 0. The molecule has 2 atom stereocenters. The number of morpholine rings is 1. The summed E-state index contributed by atoms with van der Waals surface area (Å²) < 4.78 is 8.24. The third-order valence-corrected chi connectivity index (χ3v) is 12.8. The number of benzene rings is 1. The minimum atomic E-state index is -1.16. The molecule has 48 heavy (non-hydrogen) atoms. The number of hydrogen-bond acceptors (Lipinski definition) is 8. The average Bonchev–Trinajstić information content (AvgIpc) is 3.03. The van der Waals surface area contributed by atoms with E-state index in [4.69, 9.17) is 27.9 Å². The quantitative estimate of drug-likeness (QED) is 0.113. The molecule has 2 amide bonds. The highest BCUT2D eigenvalue weighted by Crippen LogP contribution is 2.42. The van der Waals surface area contributed by atoms with Gasteiger partial charge in [-0.2, -0.15) is 4.57 Å². The van der Waals surface area contributed by atoms with Crippen LogP contribution in [0.3, 0.4) is 0 Å². The number of hydrogen-bond donors (Lipinski definition) is 3. The molecule has 4 heterocycles. The number of aryl methyl sites for hydroxylation is 2. The van der Waals surface area contributed by atoms with E-state index < -0.39 is 29.3 Å². The zero-order valence-electron chi connectivity index (χ0n) is 26.6. The van der Waals surface area contributed by atoms with Gasteiger partial charge in [0.15, 0.2) is 24.5 Å². The third kappa shape index (κ3) is 8.63. The summed E-state index contributed by atoms with van der Waals surface area (Å²) in [4.78, 5) is 52.7. The SMILES string of the molecule is Cc1cc(SCC2=C(C(=O)O)N3C(=O)C(NC(=O)CSc4cc(Cl)ccc4Cl)C3SC2)cc(C)[n+]1CCC[N+]1(CC(=O)O)CCOCC1. The average molecular weight is 758 g/mol. The lowest BCUT2D eigenvalue weighted by molar-refractivity contribution is -0.930. The molecule has 0 radical (unpaired) electrons. The number of thioether (sulfide) groups is 3. The second-order valence-electron chi connectivity index (χ2n) is 12.0. The number of nitrogens with zero attached hydrogens (tertiary/aromatic N) is 3. The number of carboxylic acid groups (broad SMARTS) is 2. The minimum Gasteiger partial charge on any atom is -0.477 e. The normalized spacial score (nSPS) is 20.2. The van der Waals surface area contributed by atoms with Crippen molar-refractivity contribution in [1.82, 2.24) is 10.2 Å². The van der Waals surface area contributed by atoms with Gasteiger partial charge in [0.1, 0.15) is 30.2 Å². The molecule has 3 aliphatic rings. The Hall–Kier alpha value is -2.46. The van der Waals surface area contributed by atoms with E-state index in [0.29, 0.717) is 62.8 Å². The van der Waals surface area contributed by atoms with E-state index in [1.54, 1.807) is 18.2 Å². The molecule has 16 heteroatoms. The van der Waals surface area contributed by atoms with E-state index in [1.165, 1.54) is 40.2 Å². The maximum Gasteiger partial charge on any atom is 0.359 e. The Labute approximate surface area is 301 Å². The smallest absolute Gasteiger partial charge is 0.359 e. The van der Waals surface area contributed by atoms with Gasteiger partial charge in [0.05, 0.1) is 37.0 Å². The number of quaternary nitrogens is 1. The van der Waals surface area contributed by atoms with Crippen molar-refractivity contribution in [3.63, 3.8) is 0 Å². The van der Waals surface area contributed by atoms with E-state index >= 15 is 0 Å². The summed E-state index contributed by atoms with van der Waals surface area (Å²) in [5.41, 5.74) is 2.76. The van der Waals surface area contributed by atoms with Gasteiger partial charge in [-0.1, -0.05) is 23.2 Å². The van der Waals surface area contributed by atoms with Gasteiger partial charge in [0, 0.05) is 52.3 Å². The number of amides is 2. The van der Waals surface area contributed by atoms with Crippen LogP contribution in [-0.4, -0.2) is 111 Å². The molecule has 0 aliphatic carbocycles. The number of carbonyl (C=O) groups is 4. The molecule has 258 valence electrons. The third-order valence-electron chi connectivity index (χ3n) is 8.69. The zero-order chi connectivity index (χ0) is 34.6. The largest absolute Gasteiger partial charge is 0.477 e. The number of halogens is 2. The first kappa shape index (κ1) is 36.8. The lowest BCUT2D eigenvalue weighted by Gasteiger charge is -2.49. The molecule has 5 rings (SSSR count). The fourth-order valence-electron chi connectivity index (χ4n) is 6.28. The van der Waals surface area contributed by atoms with Crippen LogP contribution in [0.2, 0.25) is 10.0 Å². The van der Waals surface area contributed by atoms with Crippen LogP contribution in [0.1, 0.15) is 17.8 Å². The molecule has 1 aromatic heterocycles. The fraction of sp³-hybridized carbons (Fsp3) is 0.469. The van der Waals surface area contributed by atoms with Crippen LogP contribution >= 0.6 is 58.5 Å². The molecule has 11 nitrogen and oxygen atoms in total. The number of β-lactam (4-membered cyclic amide) rings is 1. The summed E-state index contributed by atoms with van der Waals surface area (Å²) in [6, 6.07) is 8.32. The number of nitrogens with one attached hydrogen (secondary N) is 1. The standard InChI is InChI=1S/C32H36Cl2N4O7S3/c1-19-12-23(13-20(2)36(19)6-3-7-38(15-27(40)41)8-10-45-11-9-38)46-16-21-17-48-31-28(30(42)37(31)29(21)32(43)44)35-26(39)18-47-25-14-22(33)4-5-24(25)34/h4-5,12-14,28,31H,3,6-11,15-18H2,1-2H3,(H-2,35,39,40,41,43,44)/p+2. The summed E-state index contributed by atoms with van der Waals surface area (Å²) in [5, 5.41) is 22.8. The lowest BCUT2D eigenvalue weighted by atomic mass is 10.0. The monoisotopic (exact) mass is 756 g/mol. The molecule has 2 fully saturated rings. The van der Waals surface area contributed by atoms with Crippen LogP contribution in [0.15, 0.2) is 51.4 Å². The van der Waals surface area contributed by atoms with Gasteiger partial charge in [-0.15, -0.1) is 35.3 Å². The molecule has 2 aromatic rings. The van der Waals surface area contributed by atoms with Gasteiger partial charge in [-0.05, 0) is 23.8 Å². The zero-order valence-corrected chi connectivity index (χ0v) is 30.5. The van der Waals surface area contributed by atoms with Crippen LogP contribution in [0.25, 0.3) is 0 Å². The van der Waals surface area contributed by atoms with Gasteiger partial charge in [0.25, 0.3) is 5.91 Å². The van der Waals surface area contributed by atoms with Crippen molar-refractivity contribution in [2.45, 2.75) is 48.0 Å². The summed E-state index contributed by atoms with van der Waals surface area (Å²) >= 11 is 16.4. The maximum atomic E-state index is 13.1. The summed E-state index contributed by atoms with van der Waals surface area (Å²) in [6.07, 6.45) is 0.833. The van der Waals surface area contributed by atoms with E-state index in [2.05, 4.69) is 22.0 Å². The molecular formula is C32H38Cl2N4O7S3+2. The van der Waals surface area contributed by atoms with Crippen LogP contribution < -0.4 is 9.88 Å². The van der Waals surface area contributed by atoms with E-state index in [9.17, 15) is 29.4 Å². The van der Waals surface area contributed by atoms with Gasteiger partial charge in [-0.3, -0.25) is 14.5 Å². The molecule has 0 bridgehead atoms. The van der Waals surface area contributed by atoms with E-state index in [0.717, 1.165) is 35.8 Å². The molecule has 0 spiro atoms. The van der Waals surface area contributed by atoms with Crippen LogP contribution in [0.5, 0.6) is 0 Å². The second kappa shape index (κ2) is 16.0. The highest BCUT2D eigenvalue weighted by Gasteiger charge is 2.54. The van der Waals surface area contributed by atoms with Crippen molar-refractivity contribution in [3.05, 3.63) is 63.0 Å². The number of aromatic nitrogens is 1. The molecule has 3 aliphatic heterocycles. The second-order valence-corrected chi connectivity index (χ2v) is 16.0. The first-order valence-corrected chi connectivity index (χ1v) is 19.2. The van der Waals surface area contributed by atoms with Crippen LogP contribution in [0, 0.1) is 13.8 Å². The Morgan fingerprint density at radius 1 is 1.10 bits per heavy atom. The van der Waals surface area contributed by atoms with Crippen molar-refractivity contribution in [3.8, 4) is 0 Å². The highest BCUT2D eigenvalue weighted by molar-refractivity contribution is 8.01. The number of rotatable bonds is 14. The molecule has 0 saturated carbocycles. The summed E-state index contributed by atoms with van der Waals surface area (Å²) in [5.74, 6) is -1.89.